The molecular weight excluding hydrogens is 396 g/mol. The maximum Gasteiger partial charge on any atom is 0.240 e. The number of hydrogen-bond acceptors (Lipinski definition) is 5. The van der Waals surface area contributed by atoms with Crippen LogP contribution in [0.5, 0.6) is 0 Å². The van der Waals surface area contributed by atoms with E-state index in [1.54, 1.807) is 26.0 Å². The molecule has 0 radical (unpaired) electrons. The first-order valence-corrected chi connectivity index (χ1v) is 11.2. The van der Waals surface area contributed by atoms with Gasteiger partial charge in [0, 0.05) is 28.9 Å². The molecule has 3 aromatic rings. The molecule has 2 aromatic carbocycles. The van der Waals surface area contributed by atoms with E-state index in [2.05, 4.69) is 10.0 Å². The predicted molar refractivity (Wildman–Crippen MR) is 112 cm³/mol. The summed E-state index contributed by atoms with van der Waals surface area (Å²) in [6.07, 6.45) is -0.607. The van der Waals surface area contributed by atoms with Crippen LogP contribution in [0.25, 0.3) is 10.1 Å². The number of benzene rings is 2. The monoisotopic (exact) mass is 418 g/mol. The highest BCUT2D eigenvalue weighted by Gasteiger charge is 2.20. The number of amides is 1. The number of hydrogen-bond donors (Lipinski definition) is 3. The van der Waals surface area contributed by atoms with Crippen LogP contribution in [0.1, 0.15) is 30.6 Å². The molecule has 0 saturated heterocycles. The average molecular weight is 419 g/mol. The number of thiophene rings is 1. The van der Waals surface area contributed by atoms with E-state index in [0.29, 0.717) is 23.2 Å². The highest BCUT2D eigenvalue weighted by atomic mass is 32.2. The van der Waals surface area contributed by atoms with Gasteiger partial charge < -0.3 is 10.4 Å². The van der Waals surface area contributed by atoms with Crippen LogP contribution in [0.15, 0.2) is 52.7 Å². The number of carbonyl (C=O) groups is 1. The molecule has 3 rings (SSSR count). The van der Waals surface area contributed by atoms with E-state index in [4.69, 9.17) is 0 Å². The average Bonchev–Trinajstić information content (AvgIpc) is 3.10. The number of rotatable bonds is 7. The normalized spacial score (nSPS) is 12.8. The van der Waals surface area contributed by atoms with Gasteiger partial charge in [0.05, 0.1) is 11.0 Å². The number of aryl methyl sites for hydroxylation is 1. The molecule has 0 bridgehead atoms. The minimum atomic E-state index is -3.80. The smallest absolute Gasteiger partial charge is 0.240 e. The summed E-state index contributed by atoms with van der Waals surface area (Å²) in [5.74, 6) is -0.140. The first kappa shape index (κ1) is 20.5. The molecule has 28 heavy (non-hydrogen) atoms. The standard InChI is InChI=1S/C20H22N2O4S2/c1-3-20(24)22-14-8-9-19(13(2)10-14)28(25,26)21-11-17(23)16-12-27-18-7-5-4-6-15(16)18/h4-10,12,17,21,23H,3,11H2,1-2H3,(H,22,24). The number of aliphatic hydroxyl groups is 1. The van der Waals surface area contributed by atoms with Crippen molar-refractivity contribution in [2.75, 3.05) is 11.9 Å². The lowest BCUT2D eigenvalue weighted by Gasteiger charge is -2.14. The fourth-order valence-corrected chi connectivity index (χ4v) is 5.18. The summed E-state index contributed by atoms with van der Waals surface area (Å²) < 4.78 is 28.9. The lowest BCUT2D eigenvalue weighted by molar-refractivity contribution is -0.115. The first-order valence-electron chi connectivity index (χ1n) is 8.86. The zero-order valence-corrected chi connectivity index (χ0v) is 17.2. The molecule has 0 spiro atoms. The number of anilines is 1. The summed E-state index contributed by atoms with van der Waals surface area (Å²) in [6, 6.07) is 12.3. The van der Waals surface area contributed by atoms with Crippen LogP contribution in [0.3, 0.4) is 0 Å². The van der Waals surface area contributed by atoms with Crippen molar-refractivity contribution in [3.05, 3.63) is 59.0 Å². The van der Waals surface area contributed by atoms with Crippen LogP contribution >= 0.6 is 11.3 Å². The van der Waals surface area contributed by atoms with E-state index in [9.17, 15) is 18.3 Å². The number of fused-ring (bicyclic) bond motifs is 1. The third kappa shape index (κ3) is 4.41. The van der Waals surface area contributed by atoms with E-state index in [-0.39, 0.29) is 17.3 Å². The SMILES string of the molecule is CCC(=O)Nc1ccc(S(=O)(=O)NCC(O)c2csc3ccccc23)c(C)c1. The van der Waals surface area contributed by atoms with E-state index >= 15 is 0 Å². The molecule has 1 amide bonds. The molecule has 1 atom stereocenters. The summed E-state index contributed by atoms with van der Waals surface area (Å²) in [6.45, 7) is 3.28. The summed E-state index contributed by atoms with van der Waals surface area (Å²) in [5.41, 5.74) is 1.77. The summed E-state index contributed by atoms with van der Waals surface area (Å²) >= 11 is 1.51. The Bertz CT molecular complexity index is 1110. The van der Waals surface area contributed by atoms with Gasteiger partial charge in [-0.1, -0.05) is 25.1 Å². The predicted octanol–water partition coefficient (Wildman–Crippen LogP) is 3.57. The molecule has 3 N–H and O–H groups in total. The van der Waals surface area contributed by atoms with Gasteiger partial charge in [0.25, 0.3) is 0 Å². The van der Waals surface area contributed by atoms with Crippen LogP contribution in [0.2, 0.25) is 0 Å². The van der Waals surface area contributed by atoms with Gasteiger partial charge >= 0.3 is 0 Å². The van der Waals surface area contributed by atoms with Crippen LogP contribution in [-0.4, -0.2) is 26.0 Å². The molecule has 1 unspecified atom stereocenters. The second-order valence-electron chi connectivity index (χ2n) is 6.44. The maximum absolute atomic E-state index is 12.7. The molecule has 8 heteroatoms. The van der Waals surface area contributed by atoms with Gasteiger partial charge in [0.1, 0.15) is 0 Å². The maximum atomic E-state index is 12.7. The molecule has 0 fully saturated rings. The lowest BCUT2D eigenvalue weighted by Crippen LogP contribution is -2.29. The van der Waals surface area contributed by atoms with E-state index in [1.165, 1.54) is 17.4 Å². The van der Waals surface area contributed by atoms with E-state index in [0.717, 1.165) is 10.1 Å². The molecule has 148 valence electrons. The van der Waals surface area contributed by atoms with Crippen molar-refractivity contribution in [3.8, 4) is 0 Å². The van der Waals surface area contributed by atoms with Crippen molar-refractivity contribution in [3.63, 3.8) is 0 Å². The zero-order valence-electron chi connectivity index (χ0n) is 15.6. The molecule has 1 aromatic heterocycles. The third-order valence-electron chi connectivity index (χ3n) is 4.41. The molecular formula is C20H22N2O4S2. The Morgan fingerprint density at radius 2 is 1.96 bits per heavy atom. The van der Waals surface area contributed by atoms with Crippen molar-refractivity contribution in [1.29, 1.82) is 0 Å². The fraction of sp³-hybridized carbons (Fsp3) is 0.250. The number of sulfonamides is 1. The lowest BCUT2D eigenvalue weighted by atomic mass is 10.1. The Balaban J connectivity index is 1.74. The van der Waals surface area contributed by atoms with Crippen molar-refractivity contribution in [2.24, 2.45) is 0 Å². The Labute approximate surface area is 168 Å². The van der Waals surface area contributed by atoms with Gasteiger partial charge in [-0.15, -0.1) is 11.3 Å². The van der Waals surface area contributed by atoms with Gasteiger partial charge in [0.15, 0.2) is 0 Å². The molecule has 0 aliphatic rings. The van der Waals surface area contributed by atoms with Crippen molar-refractivity contribution < 1.29 is 18.3 Å². The summed E-state index contributed by atoms with van der Waals surface area (Å²) in [7, 11) is -3.80. The summed E-state index contributed by atoms with van der Waals surface area (Å²) in [5, 5.41) is 16.0. The number of carbonyl (C=O) groups excluding carboxylic acids is 1. The highest BCUT2D eigenvalue weighted by Crippen LogP contribution is 2.30. The Morgan fingerprint density at radius 1 is 1.21 bits per heavy atom. The van der Waals surface area contributed by atoms with E-state index in [1.807, 2.05) is 29.6 Å². The molecule has 1 heterocycles. The fourth-order valence-electron chi connectivity index (χ4n) is 2.91. The van der Waals surface area contributed by atoms with Crippen LogP contribution in [0, 0.1) is 6.92 Å². The van der Waals surface area contributed by atoms with Gasteiger partial charge in [-0.25, -0.2) is 13.1 Å². The van der Waals surface area contributed by atoms with Gasteiger partial charge in [0.2, 0.25) is 15.9 Å². The molecule has 0 aliphatic heterocycles. The second kappa shape index (κ2) is 8.40. The Kier molecular flexibility index (Phi) is 6.14. The molecule has 6 nitrogen and oxygen atoms in total. The zero-order chi connectivity index (χ0) is 20.3. The van der Waals surface area contributed by atoms with Crippen LogP contribution in [-0.2, 0) is 14.8 Å². The second-order valence-corrected chi connectivity index (χ2v) is 9.08. The van der Waals surface area contributed by atoms with Crippen molar-refractivity contribution >= 4 is 43.0 Å². The Morgan fingerprint density at radius 3 is 2.68 bits per heavy atom. The van der Waals surface area contributed by atoms with Crippen molar-refractivity contribution in [1.82, 2.24) is 4.72 Å². The van der Waals surface area contributed by atoms with Gasteiger partial charge in [-0.2, -0.15) is 0 Å². The van der Waals surface area contributed by atoms with Gasteiger partial charge in [-0.05, 0) is 47.5 Å². The first-order chi connectivity index (χ1) is 13.3. The largest absolute Gasteiger partial charge is 0.387 e. The highest BCUT2D eigenvalue weighted by molar-refractivity contribution is 7.89. The Hall–Kier alpha value is -2.26. The van der Waals surface area contributed by atoms with Crippen LogP contribution in [0.4, 0.5) is 5.69 Å². The van der Waals surface area contributed by atoms with Gasteiger partial charge in [-0.3, -0.25) is 4.79 Å². The summed E-state index contributed by atoms with van der Waals surface area (Å²) in [4.78, 5) is 11.6. The molecule has 0 aliphatic carbocycles. The number of nitrogens with one attached hydrogen (secondary N) is 2. The minimum absolute atomic E-state index is 0.115. The third-order valence-corrected chi connectivity index (χ3v) is 6.97. The van der Waals surface area contributed by atoms with Crippen LogP contribution < -0.4 is 10.0 Å². The minimum Gasteiger partial charge on any atom is -0.387 e. The number of aliphatic hydroxyl groups excluding tert-OH is 1. The molecule has 0 saturated carbocycles. The topological polar surface area (TPSA) is 95.5 Å². The van der Waals surface area contributed by atoms with E-state index < -0.39 is 16.1 Å². The quantitative estimate of drug-likeness (QED) is 0.547. The van der Waals surface area contributed by atoms with Crippen molar-refractivity contribution in [2.45, 2.75) is 31.3 Å².